The lowest BCUT2D eigenvalue weighted by Crippen LogP contribution is -2.37. The van der Waals surface area contributed by atoms with Gasteiger partial charge in [-0.25, -0.2) is 12.7 Å². The van der Waals surface area contributed by atoms with Crippen molar-refractivity contribution < 1.29 is 13.2 Å². The van der Waals surface area contributed by atoms with E-state index in [0.29, 0.717) is 0 Å². The van der Waals surface area contributed by atoms with Gasteiger partial charge in [-0.2, -0.15) is 0 Å². The molecule has 1 N–H and O–H groups in total. The molecule has 0 fully saturated rings. The molecule has 84 valence electrons. The highest BCUT2D eigenvalue weighted by Gasteiger charge is 2.20. The molecule has 0 aliphatic carbocycles. The first-order valence-electron chi connectivity index (χ1n) is 4.50. The molecule has 0 rings (SSSR count). The molecule has 0 heterocycles. The number of nitrogens with zero attached hydrogens (tertiary/aromatic N) is 1. The Morgan fingerprint density at radius 1 is 1.50 bits per heavy atom. The van der Waals surface area contributed by atoms with Crippen LogP contribution in [0.1, 0.15) is 13.8 Å². The van der Waals surface area contributed by atoms with E-state index in [2.05, 4.69) is 5.32 Å². The summed E-state index contributed by atoms with van der Waals surface area (Å²) >= 11 is 0. The Kier molecular flexibility index (Phi) is 5.07. The van der Waals surface area contributed by atoms with Gasteiger partial charge >= 0.3 is 0 Å². The number of rotatable bonds is 5. The number of carbonyl (C=O) groups excluding carboxylic acids is 1. The van der Waals surface area contributed by atoms with Crippen molar-refractivity contribution in [1.82, 2.24) is 9.62 Å². The smallest absolute Gasteiger partial charge is 0.223 e. The van der Waals surface area contributed by atoms with E-state index < -0.39 is 10.0 Å². The zero-order valence-corrected chi connectivity index (χ0v) is 9.89. The minimum atomic E-state index is -3.18. The molecule has 0 saturated heterocycles. The third-order valence-electron chi connectivity index (χ3n) is 2.06. The van der Waals surface area contributed by atoms with Crippen molar-refractivity contribution in [2.24, 2.45) is 5.92 Å². The second-order valence-electron chi connectivity index (χ2n) is 3.20. The van der Waals surface area contributed by atoms with E-state index in [4.69, 9.17) is 0 Å². The summed E-state index contributed by atoms with van der Waals surface area (Å²) in [6.45, 7) is 3.49. The van der Waals surface area contributed by atoms with Gasteiger partial charge in [0.2, 0.25) is 15.9 Å². The topological polar surface area (TPSA) is 66.5 Å². The minimum Gasteiger partial charge on any atom is -0.359 e. The summed E-state index contributed by atoms with van der Waals surface area (Å²) < 4.78 is 23.9. The van der Waals surface area contributed by atoms with Gasteiger partial charge in [-0.05, 0) is 6.92 Å². The molecular weight excluding hydrogens is 204 g/mol. The van der Waals surface area contributed by atoms with Crippen LogP contribution in [0.25, 0.3) is 0 Å². The van der Waals surface area contributed by atoms with Crippen LogP contribution in [0.15, 0.2) is 0 Å². The van der Waals surface area contributed by atoms with E-state index in [1.807, 2.05) is 0 Å². The van der Waals surface area contributed by atoms with E-state index in [-0.39, 0.29) is 24.1 Å². The maximum Gasteiger partial charge on any atom is 0.223 e. The highest BCUT2D eigenvalue weighted by molar-refractivity contribution is 7.89. The predicted octanol–water partition coefficient (Wildman–Crippen LogP) is -0.350. The number of sulfonamides is 1. The Hall–Kier alpha value is -0.620. The Morgan fingerprint density at radius 3 is 2.36 bits per heavy atom. The van der Waals surface area contributed by atoms with Crippen molar-refractivity contribution in [3.63, 3.8) is 0 Å². The third kappa shape index (κ3) is 3.63. The van der Waals surface area contributed by atoms with Crippen molar-refractivity contribution in [3.8, 4) is 0 Å². The quantitative estimate of drug-likeness (QED) is 0.691. The number of nitrogens with one attached hydrogen (secondary N) is 1. The molecule has 1 amide bonds. The fraction of sp³-hybridized carbons (Fsp3) is 0.875. The second kappa shape index (κ2) is 5.31. The zero-order valence-electron chi connectivity index (χ0n) is 9.07. The molecule has 1 atom stereocenters. The summed E-state index contributed by atoms with van der Waals surface area (Å²) in [4.78, 5) is 11.1. The molecule has 0 aromatic carbocycles. The van der Waals surface area contributed by atoms with E-state index in [1.165, 1.54) is 18.4 Å². The van der Waals surface area contributed by atoms with Crippen molar-refractivity contribution in [1.29, 1.82) is 0 Å². The fourth-order valence-corrected chi connectivity index (χ4v) is 1.94. The number of amides is 1. The molecule has 0 aliphatic heterocycles. The summed E-state index contributed by atoms with van der Waals surface area (Å²) in [6, 6.07) is 0. The van der Waals surface area contributed by atoms with Crippen LogP contribution >= 0.6 is 0 Å². The van der Waals surface area contributed by atoms with Crippen LogP contribution in [0.5, 0.6) is 0 Å². The highest BCUT2D eigenvalue weighted by Crippen LogP contribution is 2.03. The van der Waals surface area contributed by atoms with Gasteiger partial charge in [0, 0.05) is 26.6 Å². The van der Waals surface area contributed by atoms with Crippen LogP contribution < -0.4 is 5.32 Å². The first-order valence-corrected chi connectivity index (χ1v) is 6.11. The molecule has 0 bridgehead atoms. The first-order chi connectivity index (χ1) is 6.35. The number of carbonyl (C=O) groups is 1. The summed E-state index contributed by atoms with van der Waals surface area (Å²) in [5.74, 6) is -0.418. The molecule has 0 aliphatic rings. The van der Waals surface area contributed by atoms with Gasteiger partial charge in [0.15, 0.2) is 0 Å². The zero-order chi connectivity index (χ0) is 11.4. The Labute approximate surface area is 85.5 Å². The average Bonchev–Trinajstić information content (AvgIpc) is 2.16. The van der Waals surface area contributed by atoms with Gasteiger partial charge in [-0.1, -0.05) is 6.92 Å². The van der Waals surface area contributed by atoms with Crippen LogP contribution in [0.2, 0.25) is 0 Å². The van der Waals surface area contributed by atoms with Gasteiger partial charge in [0.25, 0.3) is 0 Å². The highest BCUT2D eigenvalue weighted by atomic mass is 32.2. The van der Waals surface area contributed by atoms with Crippen LogP contribution in [-0.4, -0.2) is 45.0 Å². The second-order valence-corrected chi connectivity index (χ2v) is 5.56. The van der Waals surface area contributed by atoms with E-state index >= 15 is 0 Å². The van der Waals surface area contributed by atoms with Gasteiger partial charge in [0.05, 0.1) is 5.75 Å². The standard InChI is InChI=1S/C8H18N2O3S/c1-5-14(12,13)10(4)6-7(2)8(11)9-3/h7H,5-6H2,1-4H3,(H,9,11). The Morgan fingerprint density at radius 2 is 2.00 bits per heavy atom. The van der Waals surface area contributed by atoms with Crippen molar-refractivity contribution in [2.45, 2.75) is 13.8 Å². The van der Waals surface area contributed by atoms with Gasteiger partial charge in [-0.15, -0.1) is 0 Å². The Bertz CT molecular complexity index is 287. The summed E-state index contributed by atoms with van der Waals surface area (Å²) in [6.07, 6.45) is 0. The molecule has 0 radical (unpaired) electrons. The normalized spacial score (nSPS) is 14.1. The molecular formula is C8H18N2O3S. The largest absolute Gasteiger partial charge is 0.359 e. The molecule has 14 heavy (non-hydrogen) atoms. The maximum atomic E-state index is 11.3. The van der Waals surface area contributed by atoms with Crippen LogP contribution in [-0.2, 0) is 14.8 Å². The van der Waals surface area contributed by atoms with Gasteiger partial charge < -0.3 is 5.32 Å². The molecule has 0 aromatic rings. The van der Waals surface area contributed by atoms with Crippen molar-refractivity contribution in [3.05, 3.63) is 0 Å². The summed E-state index contributed by atoms with van der Waals surface area (Å²) in [5, 5.41) is 2.48. The molecule has 0 saturated carbocycles. The van der Waals surface area contributed by atoms with E-state index in [9.17, 15) is 13.2 Å². The van der Waals surface area contributed by atoms with Crippen molar-refractivity contribution >= 4 is 15.9 Å². The molecule has 5 nitrogen and oxygen atoms in total. The van der Waals surface area contributed by atoms with E-state index in [0.717, 1.165) is 0 Å². The van der Waals surface area contributed by atoms with Crippen LogP contribution in [0.4, 0.5) is 0 Å². The molecule has 0 aromatic heterocycles. The molecule has 6 heteroatoms. The minimum absolute atomic E-state index is 0.0595. The third-order valence-corrected chi connectivity index (χ3v) is 3.89. The average molecular weight is 222 g/mol. The van der Waals surface area contributed by atoms with Gasteiger partial charge in [-0.3, -0.25) is 4.79 Å². The van der Waals surface area contributed by atoms with Gasteiger partial charge in [0.1, 0.15) is 0 Å². The van der Waals surface area contributed by atoms with Crippen LogP contribution in [0.3, 0.4) is 0 Å². The number of hydrogen-bond donors (Lipinski definition) is 1. The summed E-state index contributed by atoms with van der Waals surface area (Å²) in [7, 11) is -0.162. The lowest BCUT2D eigenvalue weighted by atomic mass is 10.2. The SMILES string of the molecule is CCS(=O)(=O)N(C)CC(C)C(=O)NC. The lowest BCUT2D eigenvalue weighted by molar-refractivity contribution is -0.124. The maximum absolute atomic E-state index is 11.3. The lowest BCUT2D eigenvalue weighted by Gasteiger charge is -2.19. The predicted molar refractivity (Wildman–Crippen MR) is 55.3 cm³/mol. The summed E-state index contributed by atoms with van der Waals surface area (Å²) in [5.41, 5.74) is 0. The fourth-order valence-electron chi connectivity index (χ4n) is 1.05. The Balaban J connectivity index is 4.33. The molecule has 1 unspecified atom stereocenters. The van der Waals surface area contributed by atoms with Crippen molar-refractivity contribution in [2.75, 3.05) is 26.4 Å². The monoisotopic (exact) mass is 222 g/mol. The number of hydrogen-bond acceptors (Lipinski definition) is 3. The van der Waals surface area contributed by atoms with E-state index in [1.54, 1.807) is 13.8 Å². The molecule has 0 spiro atoms. The van der Waals surface area contributed by atoms with Crippen LogP contribution in [0, 0.1) is 5.92 Å². The first kappa shape index (κ1) is 13.4.